The van der Waals surface area contributed by atoms with Crippen molar-refractivity contribution in [1.82, 2.24) is 0 Å². The van der Waals surface area contributed by atoms with Gasteiger partial charge in [0.15, 0.2) is 16.6 Å². The van der Waals surface area contributed by atoms with Gasteiger partial charge in [0.05, 0.1) is 16.8 Å². The predicted molar refractivity (Wildman–Crippen MR) is 132 cm³/mol. The fourth-order valence-electron chi connectivity index (χ4n) is 2.47. The third kappa shape index (κ3) is 11.5. The summed E-state index contributed by atoms with van der Waals surface area (Å²) in [4.78, 5) is 0. The lowest BCUT2D eigenvalue weighted by Crippen LogP contribution is -2.28. The van der Waals surface area contributed by atoms with Crippen molar-refractivity contribution in [2.24, 2.45) is 0 Å². The molecule has 0 fully saturated rings. The standard InChI is InChI=1S/C22H40BrO6PSi/c1-19(2,3)27-30(24,28-20(4,5)6)26-15-25-18-13-12-16(23)14-17(18)22(10,11)29-31-21(7,8)9/h12-14H,15,31H2,1-11H3. The Morgan fingerprint density at radius 1 is 0.903 bits per heavy atom. The molecule has 1 rings (SSSR count). The van der Waals surface area contributed by atoms with Crippen LogP contribution in [0.1, 0.15) is 81.7 Å². The van der Waals surface area contributed by atoms with E-state index in [9.17, 15) is 4.57 Å². The fraction of sp³-hybridized carbons (Fsp3) is 0.727. The van der Waals surface area contributed by atoms with Crippen molar-refractivity contribution in [1.29, 1.82) is 0 Å². The first-order valence-corrected chi connectivity index (χ1v) is 14.0. The van der Waals surface area contributed by atoms with Crippen LogP contribution in [0.5, 0.6) is 5.75 Å². The smallest absolute Gasteiger partial charge is 0.467 e. The molecule has 0 saturated heterocycles. The second-order valence-electron chi connectivity index (χ2n) is 11.2. The van der Waals surface area contributed by atoms with Crippen LogP contribution in [-0.4, -0.2) is 27.8 Å². The molecule has 0 aliphatic heterocycles. The highest BCUT2D eigenvalue weighted by Gasteiger charge is 2.37. The zero-order valence-electron chi connectivity index (χ0n) is 20.9. The lowest BCUT2D eigenvalue weighted by molar-refractivity contribution is -0.0196. The third-order valence-electron chi connectivity index (χ3n) is 3.65. The number of ether oxygens (including phenoxy) is 1. The molecule has 0 aliphatic rings. The second-order valence-corrected chi connectivity index (χ2v) is 16.4. The zero-order chi connectivity index (χ0) is 24.3. The average molecular weight is 540 g/mol. The molecule has 0 saturated carbocycles. The highest BCUT2D eigenvalue weighted by molar-refractivity contribution is 9.10. The summed E-state index contributed by atoms with van der Waals surface area (Å²) in [5, 5.41) is 0.161. The third-order valence-corrected chi connectivity index (χ3v) is 7.84. The van der Waals surface area contributed by atoms with E-state index in [1.165, 1.54) is 0 Å². The molecule has 0 heterocycles. The number of phosphoric ester groups is 1. The van der Waals surface area contributed by atoms with Gasteiger partial charge < -0.3 is 9.16 Å². The number of hydrogen-bond donors (Lipinski definition) is 0. The Bertz CT molecular complexity index is 758. The van der Waals surface area contributed by atoms with E-state index >= 15 is 0 Å². The Morgan fingerprint density at radius 2 is 1.42 bits per heavy atom. The molecule has 6 nitrogen and oxygen atoms in total. The molecule has 180 valence electrons. The summed E-state index contributed by atoms with van der Waals surface area (Å²) in [5.41, 5.74) is -1.09. The Hall–Kier alpha value is -0.213. The quantitative estimate of drug-likeness (QED) is 0.190. The van der Waals surface area contributed by atoms with Crippen molar-refractivity contribution < 1.29 is 27.3 Å². The van der Waals surface area contributed by atoms with Crippen LogP contribution in [0.25, 0.3) is 0 Å². The molecular weight excluding hydrogens is 499 g/mol. The molecule has 1 aromatic carbocycles. The van der Waals surface area contributed by atoms with Gasteiger partial charge >= 0.3 is 7.82 Å². The summed E-state index contributed by atoms with van der Waals surface area (Å²) in [6, 6.07) is 5.70. The topological polar surface area (TPSA) is 63.2 Å². The monoisotopic (exact) mass is 538 g/mol. The predicted octanol–water partition coefficient (Wildman–Crippen LogP) is 7.09. The second kappa shape index (κ2) is 10.4. The summed E-state index contributed by atoms with van der Waals surface area (Å²) in [7, 11) is -4.65. The minimum absolute atomic E-state index is 0.161. The molecule has 9 heteroatoms. The van der Waals surface area contributed by atoms with Gasteiger partial charge in [-0.1, -0.05) is 36.7 Å². The molecule has 1 aromatic rings. The summed E-state index contributed by atoms with van der Waals surface area (Å²) < 4.78 is 43.2. The summed E-state index contributed by atoms with van der Waals surface area (Å²) in [6.45, 7) is 21.1. The Balaban J connectivity index is 3.03. The van der Waals surface area contributed by atoms with Gasteiger partial charge in [0.25, 0.3) is 0 Å². The van der Waals surface area contributed by atoms with Crippen molar-refractivity contribution in [3.8, 4) is 5.75 Å². The maximum atomic E-state index is 13.2. The van der Waals surface area contributed by atoms with E-state index in [0.717, 1.165) is 10.0 Å². The van der Waals surface area contributed by atoms with E-state index in [1.54, 1.807) is 41.5 Å². The van der Waals surface area contributed by atoms with Gasteiger partial charge in [0.2, 0.25) is 0 Å². The van der Waals surface area contributed by atoms with Gasteiger partial charge in [-0.15, -0.1) is 0 Å². The van der Waals surface area contributed by atoms with Crippen molar-refractivity contribution >= 4 is 33.5 Å². The SMILES string of the molecule is CC(C)(C)OP(=O)(OCOc1ccc(Br)cc1C(C)(C)O[SiH2]C(C)(C)C)OC(C)(C)C. The Labute approximate surface area is 199 Å². The van der Waals surface area contributed by atoms with E-state index in [4.69, 9.17) is 22.7 Å². The van der Waals surface area contributed by atoms with Gasteiger partial charge in [0, 0.05) is 10.0 Å². The molecule has 0 atom stereocenters. The van der Waals surface area contributed by atoms with Gasteiger partial charge in [-0.2, -0.15) is 0 Å². The Morgan fingerprint density at radius 3 is 1.87 bits per heavy atom. The van der Waals surface area contributed by atoms with Gasteiger partial charge in [0.1, 0.15) is 5.75 Å². The minimum Gasteiger partial charge on any atom is -0.467 e. The van der Waals surface area contributed by atoms with Crippen LogP contribution < -0.4 is 4.74 Å². The summed E-state index contributed by atoms with van der Waals surface area (Å²) in [6.07, 6.45) is 0. The molecule has 0 N–H and O–H groups in total. The fourth-order valence-corrected chi connectivity index (χ4v) is 5.45. The van der Waals surface area contributed by atoms with Gasteiger partial charge in [-0.05, 0) is 78.6 Å². The van der Waals surface area contributed by atoms with Crippen LogP contribution in [0.15, 0.2) is 22.7 Å². The highest BCUT2D eigenvalue weighted by Crippen LogP contribution is 2.55. The molecular formula is C22H40BrO6PSi. The first kappa shape index (κ1) is 28.8. The number of rotatable bonds is 9. The Kier molecular flexibility index (Phi) is 9.64. The van der Waals surface area contributed by atoms with Crippen LogP contribution in [0.3, 0.4) is 0 Å². The summed E-state index contributed by atoms with van der Waals surface area (Å²) >= 11 is 3.53. The highest BCUT2D eigenvalue weighted by atomic mass is 79.9. The van der Waals surface area contributed by atoms with Crippen molar-refractivity contribution in [3.05, 3.63) is 28.2 Å². The first-order chi connectivity index (χ1) is 13.7. The van der Waals surface area contributed by atoms with E-state index < -0.39 is 34.4 Å². The van der Waals surface area contributed by atoms with E-state index in [0.29, 0.717) is 5.75 Å². The number of benzene rings is 1. The lowest BCUT2D eigenvalue weighted by Gasteiger charge is -2.32. The molecule has 0 aliphatic carbocycles. The zero-order valence-corrected chi connectivity index (χ0v) is 24.8. The number of hydrogen-bond acceptors (Lipinski definition) is 6. The number of halogens is 1. The van der Waals surface area contributed by atoms with Crippen LogP contribution in [0.4, 0.5) is 0 Å². The van der Waals surface area contributed by atoms with E-state index in [1.807, 2.05) is 32.0 Å². The molecule has 0 radical (unpaired) electrons. The normalized spacial score (nSPS) is 14.5. The van der Waals surface area contributed by atoms with Crippen LogP contribution in [0.2, 0.25) is 5.04 Å². The van der Waals surface area contributed by atoms with Crippen molar-refractivity contribution in [2.45, 2.75) is 98.0 Å². The molecule has 31 heavy (non-hydrogen) atoms. The van der Waals surface area contributed by atoms with Crippen LogP contribution >= 0.6 is 23.8 Å². The maximum Gasteiger partial charge on any atom is 0.478 e. The summed E-state index contributed by atoms with van der Waals surface area (Å²) in [5.74, 6) is 0.592. The van der Waals surface area contributed by atoms with Crippen molar-refractivity contribution in [3.63, 3.8) is 0 Å². The molecule has 0 bridgehead atoms. The lowest BCUT2D eigenvalue weighted by atomic mass is 9.97. The van der Waals surface area contributed by atoms with Gasteiger partial charge in [-0.3, -0.25) is 9.05 Å². The van der Waals surface area contributed by atoms with E-state index in [2.05, 4.69) is 36.7 Å². The van der Waals surface area contributed by atoms with Crippen LogP contribution in [-0.2, 0) is 28.2 Å². The van der Waals surface area contributed by atoms with Crippen molar-refractivity contribution in [2.75, 3.05) is 6.79 Å². The molecule has 0 spiro atoms. The molecule has 0 unspecified atom stereocenters. The first-order valence-electron chi connectivity index (χ1n) is 10.4. The molecule has 0 aromatic heterocycles. The largest absolute Gasteiger partial charge is 0.478 e. The molecule has 0 amide bonds. The minimum atomic E-state index is -3.86. The average Bonchev–Trinajstić information content (AvgIpc) is 2.50. The number of phosphoric acid groups is 1. The van der Waals surface area contributed by atoms with Crippen LogP contribution in [0, 0.1) is 0 Å². The van der Waals surface area contributed by atoms with E-state index in [-0.39, 0.29) is 11.8 Å². The maximum absolute atomic E-state index is 13.2. The van der Waals surface area contributed by atoms with Gasteiger partial charge in [-0.25, -0.2) is 9.09 Å².